The first-order valence-corrected chi connectivity index (χ1v) is 14.2. The normalized spacial score (nSPS) is 15.1. The highest BCUT2D eigenvalue weighted by Gasteiger charge is 2.24. The first kappa shape index (κ1) is 19.1. The van der Waals surface area contributed by atoms with Crippen LogP contribution in [0.1, 0.15) is 31.2 Å². The molecule has 0 spiro atoms. The quantitative estimate of drug-likeness (QED) is 0.446. The molecule has 1 heterocycles. The Hall–Kier alpha value is -2.19. The van der Waals surface area contributed by atoms with Crippen LogP contribution >= 0.6 is 0 Å². The summed E-state index contributed by atoms with van der Waals surface area (Å²) >= 11 is 0. The van der Waals surface area contributed by atoms with Crippen LogP contribution in [-0.2, 0) is 6.42 Å². The number of nitrogens with zero attached hydrogens (tertiary/aromatic N) is 1. The van der Waals surface area contributed by atoms with E-state index < -0.39 is 8.07 Å². The summed E-state index contributed by atoms with van der Waals surface area (Å²) in [7, 11) is -1.39. The summed E-state index contributed by atoms with van der Waals surface area (Å²) in [6, 6.07) is 21.8. The SMILES string of the molecule is C[Si](C)(C)c1cnc(-c2ccc(-c3ccccc3)cc2)cc1CC1CCCC1. The van der Waals surface area contributed by atoms with Gasteiger partial charge in [0.25, 0.3) is 0 Å². The molecule has 144 valence electrons. The monoisotopic (exact) mass is 385 g/mol. The van der Waals surface area contributed by atoms with Gasteiger partial charge in [0.15, 0.2) is 0 Å². The second kappa shape index (κ2) is 8.04. The van der Waals surface area contributed by atoms with Crippen LogP contribution in [0.25, 0.3) is 22.4 Å². The summed E-state index contributed by atoms with van der Waals surface area (Å²) in [6.07, 6.45) is 9.04. The number of aromatic nitrogens is 1. The van der Waals surface area contributed by atoms with Crippen molar-refractivity contribution in [1.29, 1.82) is 0 Å². The zero-order valence-corrected chi connectivity index (χ0v) is 18.4. The zero-order valence-electron chi connectivity index (χ0n) is 17.4. The molecule has 1 aliphatic carbocycles. The molecule has 1 nitrogen and oxygen atoms in total. The van der Waals surface area contributed by atoms with Crippen molar-refractivity contribution in [2.75, 3.05) is 0 Å². The lowest BCUT2D eigenvalue weighted by molar-refractivity contribution is 0.547. The van der Waals surface area contributed by atoms with Crippen LogP contribution in [0, 0.1) is 5.92 Å². The van der Waals surface area contributed by atoms with Crippen LogP contribution in [0.2, 0.25) is 19.6 Å². The minimum absolute atomic E-state index is 0.866. The van der Waals surface area contributed by atoms with Gasteiger partial charge >= 0.3 is 0 Å². The number of pyridine rings is 1. The summed E-state index contributed by atoms with van der Waals surface area (Å²) in [5, 5.41) is 1.55. The Bertz CT molecular complexity index is 917. The Labute approximate surface area is 170 Å². The molecule has 0 saturated heterocycles. The van der Waals surface area contributed by atoms with Gasteiger partial charge in [0.05, 0.1) is 13.8 Å². The maximum absolute atomic E-state index is 4.89. The molecule has 1 fully saturated rings. The zero-order chi connectivity index (χ0) is 19.6. The van der Waals surface area contributed by atoms with Crippen LogP contribution in [0.15, 0.2) is 66.9 Å². The molecular formula is C26H31NSi. The Kier molecular flexibility index (Phi) is 5.50. The smallest absolute Gasteiger partial charge is 0.0799 e. The molecule has 28 heavy (non-hydrogen) atoms. The van der Waals surface area contributed by atoms with E-state index in [9.17, 15) is 0 Å². The van der Waals surface area contributed by atoms with Crippen molar-refractivity contribution in [1.82, 2.24) is 4.98 Å². The fourth-order valence-electron chi connectivity index (χ4n) is 4.49. The van der Waals surface area contributed by atoms with Crippen molar-refractivity contribution in [3.8, 4) is 22.4 Å². The highest BCUT2D eigenvalue weighted by atomic mass is 28.3. The Morgan fingerprint density at radius 1 is 0.821 bits per heavy atom. The van der Waals surface area contributed by atoms with E-state index in [4.69, 9.17) is 4.98 Å². The van der Waals surface area contributed by atoms with Gasteiger partial charge in [0.2, 0.25) is 0 Å². The van der Waals surface area contributed by atoms with Gasteiger partial charge < -0.3 is 0 Å². The molecule has 4 rings (SSSR count). The predicted molar refractivity (Wildman–Crippen MR) is 124 cm³/mol. The maximum Gasteiger partial charge on any atom is 0.0799 e. The Morgan fingerprint density at radius 2 is 1.43 bits per heavy atom. The molecule has 0 atom stereocenters. The van der Waals surface area contributed by atoms with E-state index in [1.807, 2.05) is 0 Å². The van der Waals surface area contributed by atoms with Gasteiger partial charge in [-0.3, -0.25) is 4.98 Å². The molecule has 1 aromatic heterocycles. The molecule has 0 bridgehead atoms. The summed E-state index contributed by atoms with van der Waals surface area (Å²) in [5.41, 5.74) is 6.42. The molecule has 3 aromatic rings. The van der Waals surface area contributed by atoms with Gasteiger partial charge in [0, 0.05) is 11.8 Å². The summed E-state index contributed by atoms with van der Waals surface area (Å²) in [5.74, 6) is 0.866. The van der Waals surface area contributed by atoms with Crippen molar-refractivity contribution in [3.63, 3.8) is 0 Å². The van der Waals surface area contributed by atoms with Gasteiger partial charge in [-0.1, -0.05) is 99.9 Å². The molecule has 0 radical (unpaired) electrons. The number of rotatable bonds is 5. The maximum atomic E-state index is 4.89. The fraction of sp³-hybridized carbons (Fsp3) is 0.346. The highest BCUT2D eigenvalue weighted by molar-refractivity contribution is 6.89. The minimum Gasteiger partial charge on any atom is -0.256 e. The van der Waals surface area contributed by atoms with E-state index in [-0.39, 0.29) is 0 Å². The first-order chi connectivity index (χ1) is 13.5. The molecule has 0 aliphatic heterocycles. The average Bonchev–Trinajstić information content (AvgIpc) is 3.21. The number of hydrogen-bond acceptors (Lipinski definition) is 1. The Morgan fingerprint density at radius 3 is 2.07 bits per heavy atom. The largest absolute Gasteiger partial charge is 0.256 e. The lowest BCUT2D eigenvalue weighted by Crippen LogP contribution is -2.41. The second-order valence-corrected chi connectivity index (χ2v) is 14.3. The summed E-state index contributed by atoms with van der Waals surface area (Å²) in [6.45, 7) is 7.32. The standard InChI is InChI=1S/C26H31NSi/c1-28(2,3)26-19-27-25(18-24(26)17-20-9-7-8-10-20)23-15-13-22(14-16-23)21-11-5-4-6-12-21/h4-6,11-16,18-20H,7-10,17H2,1-3H3. The third kappa shape index (κ3) is 4.28. The van der Waals surface area contributed by atoms with E-state index in [0.717, 1.165) is 11.6 Å². The van der Waals surface area contributed by atoms with E-state index >= 15 is 0 Å². The molecule has 1 saturated carbocycles. The highest BCUT2D eigenvalue weighted by Crippen LogP contribution is 2.30. The van der Waals surface area contributed by atoms with E-state index in [1.54, 1.807) is 10.8 Å². The minimum atomic E-state index is -1.39. The van der Waals surface area contributed by atoms with Crippen LogP contribution in [-0.4, -0.2) is 13.1 Å². The van der Waals surface area contributed by atoms with Gasteiger partial charge in [-0.2, -0.15) is 0 Å². The van der Waals surface area contributed by atoms with Crippen LogP contribution in [0.5, 0.6) is 0 Å². The predicted octanol–water partition coefficient (Wildman–Crippen LogP) is 6.69. The van der Waals surface area contributed by atoms with E-state index in [2.05, 4.69) is 86.5 Å². The second-order valence-electron chi connectivity index (χ2n) is 9.27. The summed E-state index contributed by atoms with van der Waals surface area (Å²) < 4.78 is 0. The van der Waals surface area contributed by atoms with E-state index in [1.165, 1.54) is 48.8 Å². The molecule has 2 aromatic carbocycles. The number of hydrogen-bond donors (Lipinski definition) is 0. The van der Waals surface area contributed by atoms with Crippen molar-refractivity contribution in [2.24, 2.45) is 5.92 Å². The molecule has 2 heteroatoms. The molecule has 1 aliphatic rings. The topological polar surface area (TPSA) is 12.9 Å². The van der Waals surface area contributed by atoms with Gasteiger partial charge in [-0.25, -0.2) is 0 Å². The average molecular weight is 386 g/mol. The molecule has 0 N–H and O–H groups in total. The third-order valence-electron chi connectivity index (χ3n) is 6.07. The first-order valence-electron chi connectivity index (χ1n) is 10.7. The lowest BCUT2D eigenvalue weighted by atomic mass is 9.97. The van der Waals surface area contributed by atoms with Crippen molar-refractivity contribution in [2.45, 2.75) is 51.7 Å². The third-order valence-corrected chi connectivity index (χ3v) is 8.14. The number of benzene rings is 2. The van der Waals surface area contributed by atoms with Crippen molar-refractivity contribution < 1.29 is 0 Å². The van der Waals surface area contributed by atoms with E-state index in [0.29, 0.717) is 0 Å². The van der Waals surface area contributed by atoms with Gasteiger partial charge in [-0.05, 0) is 40.3 Å². The van der Waals surface area contributed by atoms with Crippen molar-refractivity contribution in [3.05, 3.63) is 72.4 Å². The molecule has 0 unspecified atom stereocenters. The van der Waals surface area contributed by atoms with Crippen LogP contribution in [0.3, 0.4) is 0 Å². The Balaban J connectivity index is 1.65. The summed E-state index contributed by atoms with van der Waals surface area (Å²) in [4.78, 5) is 4.89. The van der Waals surface area contributed by atoms with Gasteiger partial charge in [0.1, 0.15) is 0 Å². The fourth-order valence-corrected chi connectivity index (χ4v) is 6.08. The van der Waals surface area contributed by atoms with Gasteiger partial charge in [-0.15, -0.1) is 0 Å². The molecule has 0 amide bonds. The van der Waals surface area contributed by atoms with Crippen molar-refractivity contribution >= 4 is 13.3 Å². The lowest BCUT2D eigenvalue weighted by Gasteiger charge is -2.23. The van der Waals surface area contributed by atoms with Crippen LogP contribution in [0.4, 0.5) is 0 Å². The van der Waals surface area contributed by atoms with Crippen LogP contribution < -0.4 is 5.19 Å². The molecular weight excluding hydrogens is 354 g/mol.